The normalized spacial score (nSPS) is 22.6. The van der Waals surface area contributed by atoms with E-state index in [1.54, 1.807) is 0 Å². The molecular weight excluding hydrogens is 256 g/mol. The summed E-state index contributed by atoms with van der Waals surface area (Å²) in [7, 11) is 0. The van der Waals surface area contributed by atoms with Gasteiger partial charge in [-0.25, -0.2) is 4.79 Å². The van der Waals surface area contributed by atoms with Gasteiger partial charge in [0, 0.05) is 25.6 Å². The average Bonchev–Trinajstić information content (AvgIpc) is 2.90. The lowest BCUT2D eigenvalue weighted by Crippen LogP contribution is -2.58. The fourth-order valence-corrected chi connectivity index (χ4v) is 3.16. The summed E-state index contributed by atoms with van der Waals surface area (Å²) in [5, 5.41) is 12.3. The third-order valence-corrected chi connectivity index (χ3v) is 4.21. The highest BCUT2D eigenvalue weighted by molar-refractivity contribution is 5.86. The molecule has 0 saturated carbocycles. The van der Waals surface area contributed by atoms with Crippen molar-refractivity contribution in [2.24, 2.45) is 5.92 Å². The van der Waals surface area contributed by atoms with E-state index in [1.165, 1.54) is 16.0 Å². The SMILES string of the molecule is O=C(O)C1CNCCN1C(=O)C1Cc2ccccc2C1. The van der Waals surface area contributed by atoms with E-state index in [2.05, 4.69) is 17.4 Å². The molecule has 0 radical (unpaired) electrons. The van der Waals surface area contributed by atoms with Gasteiger partial charge in [-0.05, 0) is 24.0 Å². The number of hydrogen-bond donors (Lipinski definition) is 2. The van der Waals surface area contributed by atoms with Crippen molar-refractivity contribution in [3.63, 3.8) is 0 Å². The largest absolute Gasteiger partial charge is 0.480 e. The number of hydrogen-bond acceptors (Lipinski definition) is 3. The Morgan fingerprint density at radius 1 is 1.20 bits per heavy atom. The maximum atomic E-state index is 12.6. The van der Waals surface area contributed by atoms with E-state index in [1.807, 2.05) is 12.1 Å². The number of piperazine rings is 1. The number of nitrogens with zero attached hydrogens (tertiary/aromatic N) is 1. The first kappa shape index (κ1) is 13.1. The molecule has 0 spiro atoms. The molecule has 3 rings (SSSR count). The van der Waals surface area contributed by atoms with Crippen LogP contribution in [0, 0.1) is 5.92 Å². The molecule has 1 aromatic carbocycles. The lowest BCUT2D eigenvalue weighted by molar-refractivity contribution is -0.153. The molecule has 106 valence electrons. The molecule has 0 aromatic heterocycles. The number of carbonyl (C=O) groups excluding carboxylic acids is 1. The number of aliphatic carboxylic acids is 1. The second kappa shape index (κ2) is 5.25. The molecule has 1 unspecified atom stereocenters. The number of carboxylic acids is 1. The molecule has 1 heterocycles. The van der Waals surface area contributed by atoms with Crippen molar-refractivity contribution in [3.8, 4) is 0 Å². The van der Waals surface area contributed by atoms with Crippen molar-refractivity contribution in [1.82, 2.24) is 10.2 Å². The second-order valence-corrected chi connectivity index (χ2v) is 5.46. The molecule has 2 aliphatic rings. The number of carbonyl (C=O) groups is 2. The third kappa shape index (κ3) is 2.29. The van der Waals surface area contributed by atoms with E-state index in [0.717, 1.165) is 12.8 Å². The molecule has 1 fully saturated rings. The Hall–Kier alpha value is -1.88. The maximum absolute atomic E-state index is 12.6. The summed E-state index contributed by atoms with van der Waals surface area (Å²) in [6, 6.07) is 7.33. The van der Waals surface area contributed by atoms with Crippen LogP contribution in [0.1, 0.15) is 11.1 Å². The average molecular weight is 274 g/mol. The molecule has 2 N–H and O–H groups in total. The summed E-state index contributed by atoms with van der Waals surface area (Å²) >= 11 is 0. The number of carboxylic acid groups (broad SMARTS) is 1. The first-order valence-corrected chi connectivity index (χ1v) is 6.97. The predicted octanol–water partition coefficient (Wildman–Crippen LogP) is 0.286. The molecule has 1 amide bonds. The summed E-state index contributed by atoms with van der Waals surface area (Å²) in [5.41, 5.74) is 2.43. The highest BCUT2D eigenvalue weighted by Crippen LogP contribution is 2.28. The molecule has 5 heteroatoms. The molecule has 1 saturated heterocycles. The van der Waals surface area contributed by atoms with Gasteiger partial charge in [0.05, 0.1) is 0 Å². The van der Waals surface area contributed by atoms with E-state index in [0.29, 0.717) is 19.6 Å². The summed E-state index contributed by atoms with van der Waals surface area (Å²) in [5.74, 6) is -1.05. The van der Waals surface area contributed by atoms with E-state index in [9.17, 15) is 14.7 Å². The van der Waals surface area contributed by atoms with Crippen molar-refractivity contribution in [2.45, 2.75) is 18.9 Å². The quantitative estimate of drug-likeness (QED) is 0.813. The Kier molecular flexibility index (Phi) is 3.44. The van der Waals surface area contributed by atoms with Crippen LogP contribution in [0.15, 0.2) is 24.3 Å². The molecule has 0 bridgehead atoms. The Bertz CT molecular complexity index is 519. The van der Waals surface area contributed by atoms with Gasteiger partial charge in [0.2, 0.25) is 5.91 Å². The summed E-state index contributed by atoms with van der Waals surface area (Å²) in [6.45, 7) is 1.47. The molecule has 1 aliphatic carbocycles. The Labute approximate surface area is 117 Å². The maximum Gasteiger partial charge on any atom is 0.327 e. The van der Waals surface area contributed by atoms with Crippen molar-refractivity contribution >= 4 is 11.9 Å². The minimum absolute atomic E-state index is 0.0184. The Morgan fingerprint density at radius 2 is 1.85 bits per heavy atom. The minimum atomic E-state index is -0.930. The van der Waals surface area contributed by atoms with Gasteiger partial charge in [-0.1, -0.05) is 24.3 Å². The van der Waals surface area contributed by atoms with E-state index >= 15 is 0 Å². The van der Waals surface area contributed by atoms with Gasteiger partial charge in [0.25, 0.3) is 0 Å². The predicted molar refractivity (Wildman–Crippen MR) is 73.3 cm³/mol. The van der Waals surface area contributed by atoms with Crippen molar-refractivity contribution in [3.05, 3.63) is 35.4 Å². The van der Waals surface area contributed by atoms with Crippen LogP contribution in [0.5, 0.6) is 0 Å². The summed E-state index contributed by atoms with van der Waals surface area (Å²) < 4.78 is 0. The second-order valence-electron chi connectivity index (χ2n) is 5.46. The topological polar surface area (TPSA) is 69.6 Å². The van der Waals surface area contributed by atoms with Crippen LogP contribution < -0.4 is 5.32 Å². The van der Waals surface area contributed by atoms with E-state index in [-0.39, 0.29) is 11.8 Å². The van der Waals surface area contributed by atoms with Gasteiger partial charge in [0.1, 0.15) is 6.04 Å². The Balaban J connectivity index is 1.75. The summed E-state index contributed by atoms with van der Waals surface area (Å²) in [4.78, 5) is 25.4. The van der Waals surface area contributed by atoms with E-state index in [4.69, 9.17) is 0 Å². The van der Waals surface area contributed by atoms with Gasteiger partial charge in [-0.2, -0.15) is 0 Å². The highest BCUT2D eigenvalue weighted by Gasteiger charge is 2.37. The molecule has 5 nitrogen and oxygen atoms in total. The van der Waals surface area contributed by atoms with Gasteiger partial charge < -0.3 is 15.3 Å². The van der Waals surface area contributed by atoms with Crippen LogP contribution in [-0.2, 0) is 22.4 Å². The Morgan fingerprint density at radius 3 is 2.45 bits per heavy atom. The van der Waals surface area contributed by atoms with Gasteiger partial charge >= 0.3 is 5.97 Å². The zero-order valence-electron chi connectivity index (χ0n) is 11.2. The number of rotatable bonds is 2. The number of fused-ring (bicyclic) bond motifs is 1. The van der Waals surface area contributed by atoms with Crippen LogP contribution in [0.4, 0.5) is 0 Å². The monoisotopic (exact) mass is 274 g/mol. The fourth-order valence-electron chi connectivity index (χ4n) is 3.16. The van der Waals surface area contributed by atoms with Crippen LogP contribution in [-0.4, -0.2) is 47.6 Å². The molecule has 1 atom stereocenters. The van der Waals surface area contributed by atoms with Crippen LogP contribution >= 0.6 is 0 Å². The lowest BCUT2D eigenvalue weighted by atomic mass is 10.0. The zero-order chi connectivity index (χ0) is 14.1. The fraction of sp³-hybridized carbons (Fsp3) is 0.467. The first-order chi connectivity index (χ1) is 9.66. The van der Waals surface area contributed by atoms with Crippen LogP contribution in [0.2, 0.25) is 0 Å². The number of benzene rings is 1. The van der Waals surface area contributed by atoms with Crippen molar-refractivity contribution in [2.75, 3.05) is 19.6 Å². The smallest absolute Gasteiger partial charge is 0.327 e. The highest BCUT2D eigenvalue weighted by atomic mass is 16.4. The number of amides is 1. The van der Waals surface area contributed by atoms with E-state index < -0.39 is 12.0 Å². The zero-order valence-corrected chi connectivity index (χ0v) is 11.2. The molecular formula is C15H18N2O3. The van der Waals surface area contributed by atoms with Crippen molar-refractivity contribution < 1.29 is 14.7 Å². The standard InChI is InChI=1S/C15H18N2O3/c18-14(17-6-5-16-9-13(17)15(19)20)12-7-10-3-1-2-4-11(10)8-12/h1-4,12-13,16H,5-9H2,(H,19,20). The summed E-state index contributed by atoms with van der Waals surface area (Å²) in [6.07, 6.45) is 1.45. The molecule has 1 aliphatic heterocycles. The van der Waals surface area contributed by atoms with Gasteiger partial charge in [-0.3, -0.25) is 4.79 Å². The third-order valence-electron chi connectivity index (χ3n) is 4.21. The first-order valence-electron chi connectivity index (χ1n) is 6.97. The minimum Gasteiger partial charge on any atom is -0.480 e. The van der Waals surface area contributed by atoms with Gasteiger partial charge in [-0.15, -0.1) is 0 Å². The van der Waals surface area contributed by atoms with Crippen molar-refractivity contribution in [1.29, 1.82) is 0 Å². The van der Waals surface area contributed by atoms with Crippen LogP contribution in [0.25, 0.3) is 0 Å². The van der Waals surface area contributed by atoms with Crippen LogP contribution in [0.3, 0.4) is 0 Å². The lowest BCUT2D eigenvalue weighted by Gasteiger charge is -2.35. The number of nitrogens with one attached hydrogen (secondary N) is 1. The molecule has 1 aromatic rings. The van der Waals surface area contributed by atoms with Gasteiger partial charge in [0.15, 0.2) is 0 Å². The molecule has 20 heavy (non-hydrogen) atoms.